The minimum atomic E-state index is -0.943. The smallest absolute Gasteiger partial charge is 0.332 e. The van der Waals surface area contributed by atoms with Crippen LogP contribution < -0.4 is 4.74 Å². The molecule has 0 spiro atoms. The number of carboxylic acids is 1. The summed E-state index contributed by atoms with van der Waals surface area (Å²) in [6.45, 7) is 4.54. The highest BCUT2D eigenvalue weighted by Crippen LogP contribution is 2.43. The van der Waals surface area contributed by atoms with Gasteiger partial charge < -0.3 is 19.1 Å². The topological polar surface area (TPSA) is 89.4 Å². The molecular weight excluding hydrogens is 413 g/mol. The van der Waals surface area contributed by atoms with Crippen molar-refractivity contribution in [3.8, 4) is 11.4 Å². The van der Waals surface area contributed by atoms with E-state index in [1.807, 2.05) is 0 Å². The molecule has 166 valence electrons. The molecule has 0 aliphatic carbocycles. The third-order valence-corrected chi connectivity index (χ3v) is 6.23. The number of nitrogens with one attached hydrogen (secondary N) is 1. The van der Waals surface area contributed by atoms with E-state index in [9.17, 15) is 14.3 Å². The lowest BCUT2D eigenvalue weighted by molar-refractivity contribution is -0.147. The fourth-order valence-electron chi connectivity index (χ4n) is 4.83. The van der Waals surface area contributed by atoms with Crippen molar-refractivity contribution in [3.05, 3.63) is 53.6 Å². The normalized spacial score (nSPS) is 18.8. The maximum absolute atomic E-state index is 14.2. The van der Waals surface area contributed by atoms with Crippen LogP contribution >= 0.6 is 0 Å². The van der Waals surface area contributed by atoms with E-state index in [4.69, 9.17) is 9.47 Å². The lowest BCUT2D eigenvalue weighted by Gasteiger charge is -2.18. The van der Waals surface area contributed by atoms with Gasteiger partial charge in [0.1, 0.15) is 0 Å². The molecular formula is C24H24FN3O4. The van der Waals surface area contributed by atoms with Crippen LogP contribution in [0.5, 0.6) is 5.75 Å². The molecule has 32 heavy (non-hydrogen) atoms. The Bertz CT molecular complexity index is 1340. The van der Waals surface area contributed by atoms with E-state index in [2.05, 4.69) is 40.7 Å². The lowest BCUT2D eigenvalue weighted by atomic mass is 9.90. The summed E-state index contributed by atoms with van der Waals surface area (Å²) < 4.78 is 27.1. The minimum Gasteiger partial charge on any atom is -0.494 e. The molecule has 0 bridgehead atoms. The van der Waals surface area contributed by atoms with Gasteiger partial charge in [-0.2, -0.15) is 5.10 Å². The van der Waals surface area contributed by atoms with Crippen LogP contribution in [0.4, 0.5) is 4.39 Å². The van der Waals surface area contributed by atoms with Crippen molar-refractivity contribution in [2.24, 2.45) is 0 Å². The molecule has 2 aromatic heterocycles. The average molecular weight is 437 g/mol. The van der Waals surface area contributed by atoms with E-state index < -0.39 is 17.9 Å². The number of hydrogen-bond acceptors (Lipinski definition) is 4. The van der Waals surface area contributed by atoms with Crippen molar-refractivity contribution in [2.45, 2.75) is 38.2 Å². The number of ether oxygens (including phenoxy) is 2. The van der Waals surface area contributed by atoms with Crippen LogP contribution in [-0.2, 0) is 9.53 Å². The largest absolute Gasteiger partial charge is 0.494 e. The number of hydrogen-bond donors (Lipinski definition) is 2. The Morgan fingerprint density at radius 2 is 2.16 bits per heavy atom. The third-order valence-electron chi connectivity index (χ3n) is 6.23. The lowest BCUT2D eigenvalue weighted by Crippen LogP contribution is -2.18. The molecule has 3 heterocycles. The summed E-state index contributed by atoms with van der Waals surface area (Å²) in [5.74, 6) is -1.15. The van der Waals surface area contributed by atoms with Gasteiger partial charge in [0.05, 0.1) is 30.9 Å². The Morgan fingerprint density at radius 3 is 2.84 bits per heavy atom. The molecule has 2 N–H and O–H groups in total. The SMILES string of the molecule is COc1cc(-n2c(C(C)C)c([C@@H]3CO[C@@H](C(=O)O)C3)c3cc4[nH]ncc4cc32)ccc1F. The van der Waals surface area contributed by atoms with Crippen LogP contribution in [-0.4, -0.2) is 45.7 Å². The number of carbonyl (C=O) groups is 1. The molecule has 0 unspecified atom stereocenters. The van der Waals surface area contributed by atoms with Crippen LogP contribution in [0.15, 0.2) is 36.5 Å². The van der Waals surface area contributed by atoms with Gasteiger partial charge in [0.15, 0.2) is 17.7 Å². The average Bonchev–Trinajstić information content (AvgIpc) is 3.49. The molecule has 2 aromatic carbocycles. The number of methoxy groups -OCH3 is 1. The third kappa shape index (κ3) is 3.14. The molecule has 1 aliphatic rings. The summed E-state index contributed by atoms with van der Waals surface area (Å²) in [6, 6.07) is 8.94. The monoisotopic (exact) mass is 437 g/mol. The van der Waals surface area contributed by atoms with Gasteiger partial charge in [-0.1, -0.05) is 13.8 Å². The van der Waals surface area contributed by atoms with Crippen molar-refractivity contribution in [1.82, 2.24) is 14.8 Å². The first-order valence-electron chi connectivity index (χ1n) is 10.6. The van der Waals surface area contributed by atoms with Crippen molar-refractivity contribution in [1.29, 1.82) is 0 Å². The fraction of sp³-hybridized carbons (Fsp3) is 0.333. The number of aliphatic carboxylic acids is 1. The number of aromatic nitrogens is 3. The quantitative estimate of drug-likeness (QED) is 0.471. The molecule has 0 saturated carbocycles. The van der Waals surface area contributed by atoms with Gasteiger partial charge in [-0.15, -0.1) is 0 Å². The van der Waals surface area contributed by atoms with Crippen LogP contribution in [0, 0.1) is 5.82 Å². The van der Waals surface area contributed by atoms with Gasteiger partial charge >= 0.3 is 5.97 Å². The summed E-state index contributed by atoms with van der Waals surface area (Å²) in [5.41, 5.74) is 4.74. The number of fused-ring (bicyclic) bond motifs is 2. The van der Waals surface area contributed by atoms with E-state index >= 15 is 0 Å². The Morgan fingerprint density at radius 1 is 1.34 bits per heavy atom. The molecule has 7 nitrogen and oxygen atoms in total. The highest BCUT2D eigenvalue weighted by atomic mass is 19.1. The van der Waals surface area contributed by atoms with Crippen molar-refractivity contribution in [2.75, 3.05) is 13.7 Å². The van der Waals surface area contributed by atoms with Crippen molar-refractivity contribution >= 4 is 27.8 Å². The van der Waals surface area contributed by atoms with E-state index in [1.54, 1.807) is 18.3 Å². The second-order valence-corrected chi connectivity index (χ2v) is 8.53. The molecule has 0 amide bonds. The van der Waals surface area contributed by atoms with Gasteiger partial charge in [0.2, 0.25) is 0 Å². The number of carboxylic acid groups (broad SMARTS) is 1. The van der Waals surface area contributed by atoms with Crippen molar-refractivity contribution in [3.63, 3.8) is 0 Å². The second kappa shape index (κ2) is 7.63. The van der Waals surface area contributed by atoms with Crippen LogP contribution in [0.25, 0.3) is 27.5 Å². The minimum absolute atomic E-state index is 0.0695. The Labute approximate surface area is 183 Å². The van der Waals surface area contributed by atoms with Crippen LogP contribution in [0.1, 0.15) is 43.4 Å². The molecule has 1 saturated heterocycles. The maximum atomic E-state index is 14.2. The second-order valence-electron chi connectivity index (χ2n) is 8.53. The summed E-state index contributed by atoms with van der Waals surface area (Å²) in [4.78, 5) is 11.5. The predicted octanol–water partition coefficient (Wildman–Crippen LogP) is 4.74. The molecule has 4 aromatic rings. The first kappa shape index (κ1) is 20.5. The van der Waals surface area contributed by atoms with Gasteiger partial charge in [0.25, 0.3) is 0 Å². The number of nitrogens with zero attached hydrogens (tertiary/aromatic N) is 2. The molecule has 1 aliphatic heterocycles. The van der Waals surface area contributed by atoms with Gasteiger partial charge in [-0.25, -0.2) is 9.18 Å². The zero-order valence-electron chi connectivity index (χ0n) is 18.1. The Kier molecular flexibility index (Phi) is 4.89. The number of aromatic amines is 1. The van der Waals surface area contributed by atoms with E-state index in [-0.39, 0.29) is 17.6 Å². The molecule has 1 fully saturated rings. The number of rotatable bonds is 5. The Hall–Kier alpha value is -3.39. The van der Waals surface area contributed by atoms with Crippen molar-refractivity contribution < 1.29 is 23.8 Å². The zero-order valence-corrected chi connectivity index (χ0v) is 18.1. The van der Waals surface area contributed by atoms with Gasteiger partial charge in [-0.3, -0.25) is 5.10 Å². The molecule has 8 heteroatoms. The number of H-pyrrole nitrogens is 1. The highest BCUT2D eigenvalue weighted by Gasteiger charge is 2.36. The highest BCUT2D eigenvalue weighted by molar-refractivity contribution is 5.99. The van der Waals surface area contributed by atoms with Gasteiger partial charge in [0, 0.05) is 34.1 Å². The molecule has 5 rings (SSSR count). The van der Waals surface area contributed by atoms with E-state index in [1.165, 1.54) is 13.2 Å². The van der Waals surface area contributed by atoms with Crippen LogP contribution in [0.3, 0.4) is 0 Å². The zero-order chi connectivity index (χ0) is 22.6. The standard InChI is InChI=1S/C24H24FN3O4/c1-12(2)23-22(14-7-21(24(29)30)32-11-14)16-9-18-13(10-26-27-18)6-19(16)28(23)15-4-5-17(25)20(8-15)31-3/h4-6,8-10,12,14,21H,7,11H2,1-3H3,(H,26,27)(H,29,30)/t14-,21+/m0/s1. The summed E-state index contributed by atoms with van der Waals surface area (Å²) >= 11 is 0. The number of benzene rings is 2. The number of halogens is 1. The summed E-state index contributed by atoms with van der Waals surface area (Å²) in [6.07, 6.45) is 1.35. The summed E-state index contributed by atoms with van der Waals surface area (Å²) in [5, 5.41) is 18.6. The molecule has 0 radical (unpaired) electrons. The van der Waals surface area contributed by atoms with Crippen LogP contribution in [0.2, 0.25) is 0 Å². The Balaban J connectivity index is 1.83. The first-order valence-corrected chi connectivity index (χ1v) is 10.6. The maximum Gasteiger partial charge on any atom is 0.332 e. The summed E-state index contributed by atoms with van der Waals surface area (Å²) in [7, 11) is 1.45. The molecule has 2 atom stereocenters. The van der Waals surface area contributed by atoms with E-state index in [0.717, 1.165) is 38.8 Å². The predicted molar refractivity (Wildman–Crippen MR) is 118 cm³/mol. The van der Waals surface area contributed by atoms with E-state index in [0.29, 0.717) is 13.0 Å². The first-order chi connectivity index (χ1) is 15.4. The fourth-order valence-corrected chi connectivity index (χ4v) is 4.83. The van der Waals surface area contributed by atoms with Gasteiger partial charge in [-0.05, 0) is 42.2 Å².